The van der Waals surface area contributed by atoms with Crippen LogP contribution in [0.3, 0.4) is 0 Å². The van der Waals surface area contributed by atoms with Gasteiger partial charge in [-0.15, -0.1) is 0 Å². The molecule has 3 rings (SSSR count). The molecule has 0 fully saturated rings. The molecule has 0 radical (unpaired) electrons. The maximum absolute atomic E-state index is 13.6. The average molecular weight is 442 g/mol. The van der Waals surface area contributed by atoms with Crippen molar-refractivity contribution in [3.63, 3.8) is 0 Å². The van der Waals surface area contributed by atoms with Gasteiger partial charge in [0.15, 0.2) is 5.69 Å². The van der Waals surface area contributed by atoms with Gasteiger partial charge in [0.05, 0.1) is 36.2 Å². The number of alkyl halides is 3. The van der Waals surface area contributed by atoms with Crippen molar-refractivity contribution < 1.29 is 30.5 Å². The van der Waals surface area contributed by atoms with Gasteiger partial charge in [0.2, 0.25) is 0 Å². The summed E-state index contributed by atoms with van der Waals surface area (Å²) in [5.74, 6) is -0.395. The number of H-pyrrole nitrogens is 1. The van der Waals surface area contributed by atoms with Crippen molar-refractivity contribution >= 4 is 21.2 Å². The van der Waals surface area contributed by atoms with Crippen LogP contribution in [-0.4, -0.2) is 42.7 Å². The first-order chi connectivity index (χ1) is 14.0. The fraction of sp³-hybridized carbons (Fsp3) is 0.333. The highest BCUT2D eigenvalue weighted by molar-refractivity contribution is 7.85. The Hall–Kier alpha value is -3.04. The molecule has 3 aromatic rings. The lowest BCUT2D eigenvalue weighted by Crippen LogP contribution is -2.12. The lowest BCUT2D eigenvalue weighted by Gasteiger charge is -2.17. The molecule has 0 atom stereocenters. The molecule has 0 saturated heterocycles. The molecule has 0 unspecified atom stereocenters. The van der Waals surface area contributed by atoms with Gasteiger partial charge in [-0.2, -0.15) is 26.9 Å². The van der Waals surface area contributed by atoms with E-state index in [0.717, 1.165) is 12.3 Å². The molecule has 2 heterocycles. The van der Waals surface area contributed by atoms with Crippen LogP contribution in [0.15, 0.2) is 24.3 Å². The molecule has 1 aromatic carbocycles. The molecule has 0 aliphatic rings. The van der Waals surface area contributed by atoms with E-state index in [4.69, 9.17) is 4.74 Å². The number of aryl methyl sites for hydroxylation is 1. The lowest BCUT2D eigenvalue weighted by molar-refractivity contribution is -0.138. The van der Waals surface area contributed by atoms with Crippen molar-refractivity contribution in [3.8, 4) is 23.1 Å². The minimum Gasteiger partial charge on any atom is -0.493 e. The number of hydrogen-bond donors (Lipinski definition) is 1. The first-order valence-corrected chi connectivity index (χ1v) is 10.5. The molecule has 30 heavy (non-hydrogen) atoms. The molecule has 12 heteroatoms. The first kappa shape index (κ1) is 21.7. The summed E-state index contributed by atoms with van der Waals surface area (Å²) < 4.78 is 73.8. The van der Waals surface area contributed by atoms with Gasteiger partial charge < -0.3 is 4.74 Å². The fourth-order valence-electron chi connectivity index (χ4n) is 2.80. The molecule has 0 bridgehead atoms. The lowest BCUT2D eigenvalue weighted by atomic mass is 10.0. The number of aromatic amines is 1. The van der Waals surface area contributed by atoms with Gasteiger partial charge in [0, 0.05) is 19.0 Å². The van der Waals surface area contributed by atoms with E-state index in [0.29, 0.717) is 11.0 Å². The molecule has 160 valence electrons. The fourth-order valence-corrected chi connectivity index (χ4v) is 3.22. The van der Waals surface area contributed by atoms with Crippen molar-refractivity contribution in [1.82, 2.24) is 14.8 Å². The van der Waals surface area contributed by atoms with Gasteiger partial charge in [0.1, 0.15) is 17.3 Å². The van der Waals surface area contributed by atoms with Gasteiger partial charge in [-0.25, -0.2) is 4.98 Å². The molecule has 2 aromatic heterocycles. The van der Waals surface area contributed by atoms with Crippen LogP contribution in [0.1, 0.15) is 17.7 Å². The molecular formula is C18H17F3N4O4S. The molecular weight excluding hydrogens is 425 g/mol. The van der Waals surface area contributed by atoms with E-state index in [1.807, 2.05) is 6.07 Å². The van der Waals surface area contributed by atoms with Crippen LogP contribution < -0.4 is 4.74 Å². The number of fused-ring (bicyclic) bond motifs is 1. The number of aromatic nitrogens is 3. The first-order valence-electron chi connectivity index (χ1n) is 8.64. The van der Waals surface area contributed by atoms with Gasteiger partial charge in [-0.3, -0.25) is 14.0 Å². The number of ether oxygens (including phenoxy) is 1. The number of rotatable bonds is 7. The zero-order chi connectivity index (χ0) is 22.1. The third kappa shape index (κ3) is 4.74. The molecule has 1 N–H and O–H groups in total. The predicted octanol–water partition coefficient (Wildman–Crippen LogP) is 3.20. The zero-order valence-corrected chi connectivity index (χ0v) is 16.8. The van der Waals surface area contributed by atoms with Crippen molar-refractivity contribution in [2.24, 2.45) is 7.05 Å². The van der Waals surface area contributed by atoms with Gasteiger partial charge in [-0.05, 0) is 24.3 Å². The highest BCUT2D eigenvalue weighted by atomic mass is 32.2. The van der Waals surface area contributed by atoms with Crippen LogP contribution in [-0.2, 0) is 27.5 Å². The number of nitriles is 1. The quantitative estimate of drug-likeness (QED) is 0.445. The summed E-state index contributed by atoms with van der Waals surface area (Å²) in [5.41, 5.74) is 0.651. The second kappa shape index (κ2) is 8.00. The summed E-state index contributed by atoms with van der Waals surface area (Å²) in [6.45, 7) is -0.361. The maximum Gasteiger partial charge on any atom is 0.419 e. The minimum absolute atomic E-state index is 0.0837. The Labute approximate surface area is 169 Å². The van der Waals surface area contributed by atoms with E-state index in [2.05, 4.69) is 14.3 Å². The van der Waals surface area contributed by atoms with E-state index in [1.54, 1.807) is 17.8 Å². The van der Waals surface area contributed by atoms with Crippen LogP contribution in [0, 0.1) is 11.3 Å². The van der Waals surface area contributed by atoms with E-state index in [1.165, 1.54) is 12.1 Å². The molecule has 8 nitrogen and oxygen atoms in total. The van der Waals surface area contributed by atoms with Crippen LogP contribution in [0.5, 0.6) is 5.75 Å². The molecule has 0 spiro atoms. The summed E-state index contributed by atoms with van der Waals surface area (Å²) in [5, 5.41) is 12.1. The number of benzene rings is 1. The van der Waals surface area contributed by atoms with Gasteiger partial charge in [-0.1, -0.05) is 0 Å². The highest BCUT2D eigenvalue weighted by Gasteiger charge is 2.35. The molecule has 0 saturated carbocycles. The largest absolute Gasteiger partial charge is 0.493 e. The van der Waals surface area contributed by atoms with Crippen LogP contribution in [0.4, 0.5) is 13.2 Å². The topological polar surface area (TPSA) is 110 Å². The van der Waals surface area contributed by atoms with Crippen molar-refractivity contribution in [3.05, 3.63) is 35.5 Å². The Morgan fingerprint density at radius 2 is 2.00 bits per heavy atom. The monoisotopic (exact) mass is 442 g/mol. The van der Waals surface area contributed by atoms with Crippen LogP contribution in [0.2, 0.25) is 0 Å². The number of pyridine rings is 1. The van der Waals surface area contributed by atoms with Crippen LogP contribution >= 0.6 is 0 Å². The smallest absolute Gasteiger partial charge is 0.419 e. The third-order valence-corrected chi connectivity index (χ3v) is 4.76. The summed E-state index contributed by atoms with van der Waals surface area (Å²) in [6, 6.07) is 7.01. The standard InChI is InChI=1S/C18H17F3N4O4S/c1-25-15-9-13(23-14(10-22)17(15)24-25)11-4-5-16(12(8-11)18(19,20)21)28-6-3-7-29-30(2,26)27/h4-5,8-9,24H,3,6-7H2,1-2H3. The summed E-state index contributed by atoms with van der Waals surface area (Å²) in [7, 11) is -1.91. The van der Waals surface area contributed by atoms with Gasteiger partial charge in [0.25, 0.3) is 10.1 Å². The minimum atomic E-state index is -4.69. The van der Waals surface area contributed by atoms with Crippen molar-refractivity contribution in [1.29, 1.82) is 5.26 Å². The summed E-state index contributed by atoms with van der Waals surface area (Å²) in [6.07, 6.45) is -3.72. The Balaban J connectivity index is 1.87. The van der Waals surface area contributed by atoms with Crippen molar-refractivity contribution in [2.75, 3.05) is 19.5 Å². The van der Waals surface area contributed by atoms with E-state index in [-0.39, 0.29) is 36.6 Å². The van der Waals surface area contributed by atoms with Crippen molar-refractivity contribution in [2.45, 2.75) is 12.6 Å². The Kier molecular flexibility index (Phi) is 5.78. The number of nitrogens with zero attached hydrogens (tertiary/aromatic N) is 3. The summed E-state index contributed by atoms with van der Waals surface area (Å²) in [4.78, 5) is 4.14. The number of hydrogen-bond acceptors (Lipinski definition) is 6. The normalized spacial score (nSPS) is 12.3. The molecule has 0 amide bonds. The zero-order valence-electron chi connectivity index (χ0n) is 15.9. The molecule has 0 aliphatic carbocycles. The SMILES string of the molecule is Cn1[nH]c2c(C#N)nc(-c3ccc(OCCCOS(C)(=O)=O)c(C(F)(F)F)c3)cc21. The van der Waals surface area contributed by atoms with Gasteiger partial charge >= 0.3 is 6.18 Å². The third-order valence-electron chi connectivity index (χ3n) is 4.17. The average Bonchev–Trinajstić information content (AvgIpc) is 2.65. The Morgan fingerprint density at radius 1 is 1.27 bits per heavy atom. The van der Waals surface area contributed by atoms with E-state index < -0.39 is 27.6 Å². The Morgan fingerprint density at radius 3 is 2.60 bits per heavy atom. The highest BCUT2D eigenvalue weighted by Crippen LogP contribution is 2.39. The predicted molar refractivity (Wildman–Crippen MR) is 101 cm³/mol. The maximum atomic E-state index is 13.6. The number of halogens is 3. The number of nitrogens with one attached hydrogen (secondary N) is 1. The molecule has 0 aliphatic heterocycles. The second-order valence-corrected chi connectivity index (χ2v) is 8.11. The van der Waals surface area contributed by atoms with Crippen LogP contribution in [0.25, 0.3) is 22.3 Å². The second-order valence-electron chi connectivity index (χ2n) is 6.47. The van der Waals surface area contributed by atoms with E-state index in [9.17, 15) is 26.9 Å². The summed E-state index contributed by atoms with van der Waals surface area (Å²) >= 11 is 0. The Bertz CT molecular complexity index is 1220. The van der Waals surface area contributed by atoms with E-state index >= 15 is 0 Å².